The number of nitrogens with two attached hydrogens (primary N) is 1. The summed E-state index contributed by atoms with van der Waals surface area (Å²) in [6, 6.07) is 7.81. The van der Waals surface area contributed by atoms with E-state index in [9.17, 15) is 0 Å². The average molecular weight is 251 g/mol. The van der Waals surface area contributed by atoms with Crippen LogP contribution in [0.3, 0.4) is 0 Å². The van der Waals surface area contributed by atoms with Crippen molar-refractivity contribution >= 4 is 0 Å². The van der Waals surface area contributed by atoms with E-state index in [0.717, 1.165) is 6.42 Å². The largest absolute Gasteiger partial charge is 0.327 e. The summed E-state index contributed by atoms with van der Waals surface area (Å²) >= 11 is 0. The second kappa shape index (κ2) is 5.40. The first-order valence-electron chi connectivity index (χ1n) is 6.69. The molecule has 0 bridgehead atoms. The summed E-state index contributed by atoms with van der Waals surface area (Å²) in [5, 5.41) is 0. The fourth-order valence-corrected chi connectivity index (χ4v) is 2.27. The maximum Gasteiger partial charge on any atom is 0.152 e. The lowest BCUT2D eigenvalue weighted by molar-refractivity contribution is 0.0342. The Balaban J connectivity index is 3.15. The zero-order valence-corrected chi connectivity index (χ0v) is 12.3. The molecule has 18 heavy (non-hydrogen) atoms. The third-order valence-electron chi connectivity index (χ3n) is 3.50. The molecule has 0 saturated heterocycles. The third-order valence-corrected chi connectivity index (χ3v) is 3.50. The van der Waals surface area contributed by atoms with Gasteiger partial charge >= 0.3 is 0 Å². The van der Waals surface area contributed by atoms with Gasteiger partial charge in [0.05, 0.1) is 0 Å². The minimum Gasteiger partial charge on any atom is -0.327 e. The fourth-order valence-electron chi connectivity index (χ4n) is 2.27. The van der Waals surface area contributed by atoms with Crippen LogP contribution in [0.4, 0.5) is 4.39 Å². The molecule has 1 atom stereocenters. The molecule has 0 aromatic heterocycles. The van der Waals surface area contributed by atoms with Gasteiger partial charge in [0, 0.05) is 12.0 Å². The first-order valence-corrected chi connectivity index (χ1v) is 6.69. The Morgan fingerprint density at radius 3 is 2.28 bits per heavy atom. The Hall–Kier alpha value is -0.890. The van der Waals surface area contributed by atoms with Crippen molar-refractivity contribution in [1.82, 2.24) is 0 Å². The highest BCUT2D eigenvalue weighted by Gasteiger charge is 2.42. The molecule has 1 aromatic carbocycles. The third kappa shape index (κ3) is 3.11. The molecule has 0 aliphatic heterocycles. The van der Waals surface area contributed by atoms with Crippen LogP contribution in [0, 0.1) is 11.3 Å². The molecule has 0 spiro atoms. The van der Waals surface area contributed by atoms with Gasteiger partial charge in [-0.05, 0) is 23.5 Å². The first kappa shape index (κ1) is 15.2. The lowest BCUT2D eigenvalue weighted by atomic mass is 9.73. The molecular weight excluding hydrogens is 225 g/mol. The Morgan fingerprint density at radius 2 is 1.83 bits per heavy atom. The Morgan fingerprint density at radius 1 is 1.22 bits per heavy atom. The fraction of sp³-hybridized carbons (Fsp3) is 0.625. The Kier molecular flexibility index (Phi) is 4.55. The van der Waals surface area contributed by atoms with Crippen LogP contribution in [0.25, 0.3) is 0 Å². The second-order valence-corrected chi connectivity index (χ2v) is 6.55. The summed E-state index contributed by atoms with van der Waals surface area (Å²) in [5.74, 6) is 0.571. The van der Waals surface area contributed by atoms with Crippen molar-refractivity contribution in [2.45, 2.75) is 46.7 Å². The molecule has 0 aliphatic carbocycles. The van der Waals surface area contributed by atoms with Crippen LogP contribution in [0.2, 0.25) is 0 Å². The summed E-state index contributed by atoms with van der Waals surface area (Å²) in [4.78, 5) is 0. The van der Waals surface area contributed by atoms with E-state index < -0.39 is 11.1 Å². The molecular formula is C16H26FN. The van der Waals surface area contributed by atoms with Gasteiger partial charge in [-0.15, -0.1) is 0 Å². The smallest absolute Gasteiger partial charge is 0.152 e. The van der Waals surface area contributed by atoms with Crippen LogP contribution in [-0.2, 0) is 12.1 Å². The first-order chi connectivity index (χ1) is 8.20. The molecule has 0 amide bonds. The van der Waals surface area contributed by atoms with Gasteiger partial charge in [0.25, 0.3) is 0 Å². The van der Waals surface area contributed by atoms with Gasteiger partial charge in [-0.3, -0.25) is 0 Å². The molecule has 102 valence electrons. The van der Waals surface area contributed by atoms with Gasteiger partial charge < -0.3 is 5.73 Å². The van der Waals surface area contributed by atoms with Crippen LogP contribution < -0.4 is 5.73 Å². The lowest BCUT2D eigenvalue weighted by Gasteiger charge is -2.37. The van der Waals surface area contributed by atoms with Gasteiger partial charge in [0.1, 0.15) is 0 Å². The van der Waals surface area contributed by atoms with Gasteiger partial charge in [-0.25, -0.2) is 4.39 Å². The van der Waals surface area contributed by atoms with Gasteiger partial charge in [0.2, 0.25) is 0 Å². The molecule has 0 fully saturated rings. The molecule has 1 unspecified atom stereocenters. The lowest BCUT2D eigenvalue weighted by Crippen LogP contribution is -2.42. The summed E-state index contributed by atoms with van der Waals surface area (Å²) in [5.41, 5.74) is 5.61. The van der Waals surface area contributed by atoms with Crippen molar-refractivity contribution in [3.05, 3.63) is 35.4 Å². The maximum atomic E-state index is 15.2. The normalized spacial score (nSPS) is 15.8. The van der Waals surface area contributed by atoms with Gasteiger partial charge in [-0.2, -0.15) is 0 Å². The highest BCUT2D eigenvalue weighted by atomic mass is 19.1. The highest BCUT2D eigenvalue weighted by molar-refractivity contribution is 5.30. The molecule has 1 rings (SSSR count). The molecule has 1 aromatic rings. The molecule has 2 N–H and O–H groups in total. The van der Waals surface area contributed by atoms with E-state index in [0.29, 0.717) is 11.5 Å². The van der Waals surface area contributed by atoms with Crippen molar-refractivity contribution in [1.29, 1.82) is 0 Å². The van der Waals surface area contributed by atoms with Crippen LogP contribution in [0.1, 0.15) is 45.7 Å². The number of alkyl halides is 1. The van der Waals surface area contributed by atoms with Crippen LogP contribution in [0.5, 0.6) is 0 Å². The highest BCUT2D eigenvalue weighted by Crippen LogP contribution is 2.42. The van der Waals surface area contributed by atoms with E-state index in [1.807, 2.05) is 39.0 Å². The van der Waals surface area contributed by atoms with Crippen molar-refractivity contribution in [2.24, 2.45) is 17.1 Å². The number of benzene rings is 1. The minimum absolute atomic E-state index is 0.0155. The maximum absolute atomic E-state index is 15.2. The minimum atomic E-state index is -1.47. The van der Waals surface area contributed by atoms with E-state index in [2.05, 4.69) is 19.9 Å². The predicted octanol–water partition coefficient (Wildman–Crippen LogP) is 4.05. The number of hydrogen-bond donors (Lipinski definition) is 1. The predicted molar refractivity (Wildman–Crippen MR) is 76.3 cm³/mol. The molecule has 0 radical (unpaired) electrons. The van der Waals surface area contributed by atoms with Crippen molar-refractivity contribution < 1.29 is 4.39 Å². The Bertz CT molecular complexity index is 392. The van der Waals surface area contributed by atoms with Crippen LogP contribution in [0.15, 0.2) is 24.3 Å². The quantitative estimate of drug-likeness (QED) is 0.858. The summed E-state index contributed by atoms with van der Waals surface area (Å²) in [6.45, 7) is 10.0. The van der Waals surface area contributed by atoms with Crippen molar-refractivity contribution in [2.75, 3.05) is 6.54 Å². The SMILES string of the molecule is CC(C)Cc1cccc(C(F)(CN)C(C)(C)C)c1. The zero-order chi connectivity index (χ0) is 14.0. The average Bonchev–Trinajstić information content (AvgIpc) is 2.25. The van der Waals surface area contributed by atoms with Gasteiger partial charge in [-0.1, -0.05) is 58.9 Å². The molecule has 1 nitrogen and oxygen atoms in total. The van der Waals surface area contributed by atoms with E-state index in [4.69, 9.17) is 5.73 Å². The van der Waals surface area contributed by atoms with E-state index in [1.54, 1.807) is 0 Å². The topological polar surface area (TPSA) is 26.0 Å². The van der Waals surface area contributed by atoms with E-state index in [1.165, 1.54) is 5.56 Å². The number of hydrogen-bond acceptors (Lipinski definition) is 1. The second-order valence-electron chi connectivity index (χ2n) is 6.55. The monoisotopic (exact) mass is 251 g/mol. The summed E-state index contributed by atoms with van der Waals surface area (Å²) < 4.78 is 15.2. The number of halogens is 1. The van der Waals surface area contributed by atoms with Crippen LogP contribution >= 0.6 is 0 Å². The molecule has 0 heterocycles. The van der Waals surface area contributed by atoms with Crippen molar-refractivity contribution in [3.63, 3.8) is 0 Å². The molecule has 0 saturated carbocycles. The molecule has 2 heteroatoms. The molecule has 0 aliphatic rings. The van der Waals surface area contributed by atoms with Crippen LogP contribution in [-0.4, -0.2) is 6.54 Å². The standard InChI is InChI=1S/C16H26FN/c1-12(2)9-13-7-6-8-14(10-13)16(17,11-18)15(3,4)5/h6-8,10,12H,9,11,18H2,1-5H3. The number of rotatable bonds is 4. The summed E-state index contributed by atoms with van der Waals surface area (Å²) in [7, 11) is 0. The van der Waals surface area contributed by atoms with Gasteiger partial charge in [0.15, 0.2) is 5.67 Å². The summed E-state index contributed by atoms with van der Waals surface area (Å²) in [6.07, 6.45) is 0.971. The Labute approximate surface area is 111 Å². The zero-order valence-electron chi connectivity index (χ0n) is 12.3. The van der Waals surface area contributed by atoms with E-state index in [-0.39, 0.29) is 6.54 Å². The van der Waals surface area contributed by atoms with E-state index >= 15 is 4.39 Å². The van der Waals surface area contributed by atoms with Crippen molar-refractivity contribution in [3.8, 4) is 0 Å².